The molecule has 64 valence electrons. The first kappa shape index (κ1) is 7.89. The molecule has 0 fully saturated rings. The Morgan fingerprint density at radius 3 is 3.33 bits per heavy atom. The Balaban J connectivity index is 2.42. The maximum Gasteiger partial charge on any atom is 0.0858 e. The summed E-state index contributed by atoms with van der Waals surface area (Å²) in [6.45, 7) is 2.14. The number of hydrogen-bond donors (Lipinski definition) is 1. The zero-order valence-corrected chi connectivity index (χ0v) is 7.93. The van der Waals surface area contributed by atoms with Crippen molar-refractivity contribution < 1.29 is 0 Å². The summed E-state index contributed by atoms with van der Waals surface area (Å²) in [4.78, 5) is 7.46. The van der Waals surface area contributed by atoms with Crippen molar-refractivity contribution in [2.45, 2.75) is 18.0 Å². The molecule has 2 heterocycles. The van der Waals surface area contributed by atoms with E-state index in [0.29, 0.717) is 6.17 Å². The predicted molar refractivity (Wildman–Crippen MR) is 51.1 cm³/mol. The third kappa shape index (κ3) is 1.17. The molecule has 1 aliphatic rings. The molecule has 0 amide bonds. The summed E-state index contributed by atoms with van der Waals surface area (Å²) in [5, 5.41) is 0. The second kappa shape index (κ2) is 2.95. The van der Waals surface area contributed by atoms with Crippen molar-refractivity contribution in [1.29, 1.82) is 0 Å². The molecule has 1 aliphatic heterocycles. The number of rotatable bonds is 0. The van der Waals surface area contributed by atoms with Gasteiger partial charge in [-0.3, -0.25) is 4.98 Å². The molecule has 0 radical (unpaired) electrons. The van der Waals surface area contributed by atoms with Crippen LogP contribution in [0.1, 0.15) is 6.92 Å². The molecule has 1 aromatic heterocycles. The van der Waals surface area contributed by atoms with Crippen molar-refractivity contribution >= 4 is 17.6 Å². The highest BCUT2D eigenvalue weighted by Gasteiger charge is 2.19. The van der Waals surface area contributed by atoms with Crippen LogP contribution < -0.4 is 9.62 Å². The van der Waals surface area contributed by atoms with Gasteiger partial charge in [0.2, 0.25) is 0 Å². The molecule has 0 aromatic carbocycles. The first-order valence-electron chi connectivity index (χ1n) is 3.88. The van der Waals surface area contributed by atoms with Gasteiger partial charge in [-0.25, -0.2) is 4.72 Å². The van der Waals surface area contributed by atoms with Gasteiger partial charge in [0.1, 0.15) is 0 Å². The van der Waals surface area contributed by atoms with Gasteiger partial charge in [0.15, 0.2) is 0 Å². The van der Waals surface area contributed by atoms with Crippen LogP contribution in [0.15, 0.2) is 23.4 Å². The normalized spacial score (nSPS) is 22.2. The topological polar surface area (TPSA) is 28.2 Å². The summed E-state index contributed by atoms with van der Waals surface area (Å²) >= 11 is 1.65. The second-order valence-electron chi connectivity index (χ2n) is 2.85. The molecule has 12 heavy (non-hydrogen) atoms. The van der Waals surface area contributed by atoms with E-state index in [1.54, 1.807) is 11.9 Å². The van der Waals surface area contributed by atoms with Crippen LogP contribution in [0.25, 0.3) is 0 Å². The largest absolute Gasteiger partial charge is 0.357 e. The number of fused-ring (bicyclic) bond motifs is 1. The van der Waals surface area contributed by atoms with Gasteiger partial charge in [0, 0.05) is 19.4 Å². The highest BCUT2D eigenvalue weighted by molar-refractivity contribution is 7.97. The van der Waals surface area contributed by atoms with Gasteiger partial charge in [-0.1, -0.05) is 0 Å². The standard InChI is InChI=1S/C8H11N3S/c1-6-10-12-8-5-9-4-3-7(8)11(6)2/h3-6,10H,1-2H3. The molecular weight excluding hydrogens is 170 g/mol. The number of anilines is 1. The van der Waals surface area contributed by atoms with Gasteiger partial charge < -0.3 is 4.90 Å². The van der Waals surface area contributed by atoms with Crippen molar-refractivity contribution in [3.63, 3.8) is 0 Å². The molecule has 1 unspecified atom stereocenters. The molecule has 1 atom stereocenters. The van der Waals surface area contributed by atoms with Crippen molar-refractivity contribution in [3.05, 3.63) is 18.5 Å². The maximum absolute atomic E-state index is 4.07. The zero-order chi connectivity index (χ0) is 8.55. The highest BCUT2D eigenvalue weighted by atomic mass is 32.2. The summed E-state index contributed by atoms with van der Waals surface area (Å²) in [6.07, 6.45) is 4.09. The molecule has 1 aromatic rings. The van der Waals surface area contributed by atoms with E-state index in [1.165, 1.54) is 10.6 Å². The maximum atomic E-state index is 4.07. The van der Waals surface area contributed by atoms with Gasteiger partial charge >= 0.3 is 0 Å². The molecule has 2 rings (SSSR count). The summed E-state index contributed by atoms with van der Waals surface area (Å²) < 4.78 is 3.29. The fourth-order valence-electron chi connectivity index (χ4n) is 1.18. The summed E-state index contributed by atoms with van der Waals surface area (Å²) in [5.41, 5.74) is 1.25. The van der Waals surface area contributed by atoms with Gasteiger partial charge in [-0.15, -0.1) is 0 Å². The number of nitrogens with one attached hydrogen (secondary N) is 1. The van der Waals surface area contributed by atoms with E-state index in [0.717, 1.165) is 0 Å². The Morgan fingerprint density at radius 2 is 2.50 bits per heavy atom. The van der Waals surface area contributed by atoms with Crippen molar-refractivity contribution in [1.82, 2.24) is 9.71 Å². The minimum atomic E-state index is 0.380. The molecule has 3 nitrogen and oxygen atoms in total. The number of nitrogens with zero attached hydrogens (tertiary/aromatic N) is 2. The van der Waals surface area contributed by atoms with E-state index < -0.39 is 0 Å². The van der Waals surface area contributed by atoms with E-state index in [9.17, 15) is 0 Å². The van der Waals surface area contributed by atoms with E-state index in [1.807, 2.05) is 18.5 Å². The Labute approximate surface area is 76.3 Å². The molecule has 0 saturated carbocycles. The fraction of sp³-hybridized carbons (Fsp3) is 0.375. The Bertz CT molecular complexity index is 289. The zero-order valence-electron chi connectivity index (χ0n) is 7.11. The second-order valence-corrected chi connectivity index (χ2v) is 3.73. The molecular formula is C8H11N3S. The Morgan fingerprint density at radius 1 is 1.67 bits per heavy atom. The number of pyridine rings is 1. The van der Waals surface area contributed by atoms with Crippen molar-refractivity contribution in [2.24, 2.45) is 0 Å². The van der Waals surface area contributed by atoms with Gasteiger partial charge in [0.05, 0.1) is 16.7 Å². The number of hydrogen-bond acceptors (Lipinski definition) is 4. The SMILES string of the molecule is CC1NSc2cnccc2N1C. The third-order valence-corrected chi connectivity index (χ3v) is 3.06. The van der Waals surface area contributed by atoms with Crippen molar-refractivity contribution in [2.75, 3.05) is 11.9 Å². The molecule has 0 bridgehead atoms. The lowest BCUT2D eigenvalue weighted by molar-refractivity contribution is 0.658. The van der Waals surface area contributed by atoms with Crippen LogP contribution in [-0.4, -0.2) is 18.2 Å². The minimum absolute atomic E-state index is 0.380. The van der Waals surface area contributed by atoms with Gasteiger partial charge in [0.25, 0.3) is 0 Å². The Kier molecular flexibility index (Phi) is 1.94. The lowest BCUT2D eigenvalue weighted by atomic mass is 10.3. The van der Waals surface area contributed by atoms with E-state index in [4.69, 9.17) is 0 Å². The summed E-state index contributed by atoms with van der Waals surface area (Å²) in [5.74, 6) is 0. The van der Waals surface area contributed by atoms with Crippen LogP contribution in [0.2, 0.25) is 0 Å². The van der Waals surface area contributed by atoms with Crippen LogP contribution >= 0.6 is 11.9 Å². The van der Waals surface area contributed by atoms with Gasteiger partial charge in [-0.2, -0.15) is 0 Å². The number of aromatic nitrogens is 1. The monoisotopic (exact) mass is 181 g/mol. The molecule has 0 spiro atoms. The summed E-state index contributed by atoms with van der Waals surface area (Å²) in [6, 6.07) is 2.04. The molecule has 0 saturated heterocycles. The van der Waals surface area contributed by atoms with Crippen LogP contribution in [0, 0.1) is 0 Å². The van der Waals surface area contributed by atoms with E-state index >= 15 is 0 Å². The Hall–Kier alpha value is -0.740. The van der Waals surface area contributed by atoms with E-state index in [2.05, 4.69) is 28.6 Å². The van der Waals surface area contributed by atoms with Gasteiger partial charge in [-0.05, 0) is 24.9 Å². The third-order valence-electron chi connectivity index (χ3n) is 2.06. The smallest absolute Gasteiger partial charge is 0.0858 e. The quantitative estimate of drug-likeness (QED) is 0.614. The molecule has 0 aliphatic carbocycles. The highest BCUT2D eigenvalue weighted by Crippen LogP contribution is 2.31. The lowest BCUT2D eigenvalue weighted by Gasteiger charge is -2.33. The first-order chi connectivity index (χ1) is 5.79. The average Bonchev–Trinajstić information content (AvgIpc) is 2.12. The van der Waals surface area contributed by atoms with Crippen LogP contribution in [0.4, 0.5) is 5.69 Å². The minimum Gasteiger partial charge on any atom is -0.357 e. The first-order valence-corrected chi connectivity index (χ1v) is 4.70. The predicted octanol–water partition coefficient (Wildman–Crippen LogP) is 1.47. The fourth-order valence-corrected chi connectivity index (χ4v) is 2.06. The summed E-state index contributed by atoms with van der Waals surface area (Å²) in [7, 11) is 2.08. The van der Waals surface area contributed by atoms with Crippen LogP contribution in [-0.2, 0) is 0 Å². The van der Waals surface area contributed by atoms with Crippen LogP contribution in [0.5, 0.6) is 0 Å². The lowest BCUT2D eigenvalue weighted by Crippen LogP contribution is -2.40. The average molecular weight is 181 g/mol. The molecule has 4 heteroatoms. The molecule has 1 N–H and O–H groups in total. The van der Waals surface area contributed by atoms with Crippen LogP contribution in [0.3, 0.4) is 0 Å². The van der Waals surface area contributed by atoms with E-state index in [-0.39, 0.29) is 0 Å². The van der Waals surface area contributed by atoms with Crippen molar-refractivity contribution in [3.8, 4) is 0 Å².